The van der Waals surface area contributed by atoms with E-state index >= 15 is 0 Å². The van der Waals surface area contributed by atoms with Crippen LogP contribution in [0.25, 0.3) is 0 Å². The summed E-state index contributed by atoms with van der Waals surface area (Å²) in [5.74, 6) is 0.0123. The Bertz CT molecular complexity index is 391. The summed E-state index contributed by atoms with van der Waals surface area (Å²) in [6.07, 6.45) is 3.44. The van der Waals surface area contributed by atoms with E-state index < -0.39 is 0 Å². The maximum Gasteiger partial charge on any atom is 0.254 e. The van der Waals surface area contributed by atoms with E-state index in [1.807, 2.05) is 24.3 Å². The Hall–Kier alpha value is -1.10. The molecule has 0 aliphatic heterocycles. The fraction of sp³-hybridized carbons (Fsp3) is 0.154. The molecule has 0 saturated heterocycles. The van der Waals surface area contributed by atoms with Crippen molar-refractivity contribution >= 4 is 28.5 Å². The first-order valence-corrected chi connectivity index (χ1v) is 6.03. The molecule has 0 spiro atoms. The number of hydrogen-bond acceptors (Lipinski definition) is 1. The number of carbonyl (C=O) groups excluding carboxylic acids is 1. The smallest absolute Gasteiger partial charge is 0.254 e. The highest BCUT2D eigenvalue weighted by Crippen LogP contribution is 2.10. The van der Waals surface area contributed by atoms with E-state index in [1.165, 1.54) is 0 Å². The third kappa shape index (κ3) is 3.48. The van der Waals surface area contributed by atoms with Gasteiger partial charge in [0.05, 0.1) is 0 Å². The Labute approximate surface area is 110 Å². The fourth-order valence-corrected chi connectivity index (χ4v) is 1.90. The molecule has 1 amide bonds. The largest absolute Gasteiger partial charge is 0.331 e. The molecule has 0 aliphatic rings. The average Bonchev–Trinajstić information content (AvgIpc) is 2.28. The summed E-state index contributed by atoms with van der Waals surface area (Å²) in [5.41, 5.74) is 0.704. The molecule has 0 heterocycles. The van der Waals surface area contributed by atoms with Crippen LogP contribution in [-0.4, -0.2) is 23.9 Å². The second-order valence-electron chi connectivity index (χ2n) is 3.30. The van der Waals surface area contributed by atoms with Gasteiger partial charge in [0.2, 0.25) is 0 Å². The lowest BCUT2D eigenvalue weighted by molar-refractivity contribution is 0.0791. The van der Waals surface area contributed by atoms with E-state index in [1.54, 1.807) is 17.1 Å². The zero-order chi connectivity index (χ0) is 12.0. The standard InChI is InChI=1S/C13H14INO/c1-3-8-15(9-4-2)13(16)11-6-5-7-12(14)10-11/h3-7,10H,1-2,8-9H2. The van der Waals surface area contributed by atoms with Gasteiger partial charge in [-0.3, -0.25) is 4.79 Å². The van der Waals surface area contributed by atoms with Gasteiger partial charge >= 0.3 is 0 Å². The molecular formula is C13H14INO. The molecule has 0 unspecified atom stereocenters. The van der Waals surface area contributed by atoms with Crippen LogP contribution < -0.4 is 0 Å². The Morgan fingerprint density at radius 1 is 1.31 bits per heavy atom. The summed E-state index contributed by atoms with van der Waals surface area (Å²) >= 11 is 2.19. The number of nitrogens with zero attached hydrogens (tertiary/aromatic N) is 1. The van der Waals surface area contributed by atoms with E-state index in [2.05, 4.69) is 35.7 Å². The van der Waals surface area contributed by atoms with Gasteiger partial charge in [-0.1, -0.05) is 18.2 Å². The third-order valence-electron chi connectivity index (χ3n) is 2.06. The Morgan fingerprint density at radius 2 is 1.94 bits per heavy atom. The zero-order valence-corrected chi connectivity index (χ0v) is 11.2. The molecule has 0 aliphatic carbocycles. The van der Waals surface area contributed by atoms with E-state index in [0.717, 1.165) is 3.57 Å². The minimum atomic E-state index is 0.0123. The molecule has 2 nitrogen and oxygen atoms in total. The van der Waals surface area contributed by atoms with Gasteiger partial charge in [0.15, 0.2) is 0 Å². The number of halogens is 1. The van der Waals surface area contributed by atoms with Crippen molar-refractivity contribution in [3.05, 3.63) is 58.7 Å². The SMILES string of the molecule is C=CCN(CC=C)C(=O)c1cccc(I)c1. The molecule has 1 aromatic rings. The van der Waals surface area contributed by atoms with Gasteiger partial charge in [0.1, 0.15) is 0 Å². The van der Waals surface area contributed by atoms with Crippen LogP contribution in [0.15, 0.2) is 49.6 Å². The van der Waals surface area contributed by atoms with E-state index in [-0.39, 0.29) is 5.91 Å². The van der Waals surface area contributed by atoms with Crippen molar-refractivity contribution in [2.24, 2.45) is 0 Å². The lowest BCUT2D eigenvalue weighted by atomic mass is 10.2. The van der Waals surface area contributed by atoms with Gasteiger partial charge in [0, 0.05) is 22.2 Å². The first-order valence-electron chi connectivity index (χ1n) is 4.95. The molecule has 0 radical (unpaired) electrons. The van der Waals surface area contributed by atoms with E-state index in [0.29, 0.717) is 18.7 Å². The summed E-state index contributed by atoms with van der Waals surface area (Å²) in [7, 11) is 0. The van der Waals surface area contributed by atoms with Gasteiger partial charge in [-0.15, -0.1) is 13.2 Å². The highest BCUT2D eigenvalue weighted by Gasteiger charge is 2.12. The molecule has 3 heteroatoms. The van der Waals surface area contributed by atoms with Crippen LogP contribution in [-0.2, 0) is 0 Å². The molecule has 0 aromatic heterocycles. The Kier molecular flexibility index (Phi) is 5.25. The predicted molar refractivity (Wildman–Crippen MR) is 75.5 cm³/mol. The summed E-state index contributed by atoms with van der Waals surface area (Å²) in [6.45, 7) is 8.37. The lowest BCUT2D eigenvalue weighted by Crippen LogP contribution is -2.31. The van der Waals surface area contributed by atoms with Crippen LogP contribution in [0.1, 0.15) is 10.4 Å². The van der Waals surface area contributed by atoms with Crippen molar-refractivity contribution in [2.75, 3.05) is 13.1 Å². The molecule has 1 aromatic carbocycles. The maximum absolute atomic E-state index is 12.1. The Morgan fingerprint density at radius 3 is 2.44 bits per heavy atom. The molecule has 0 atom stereocenters. The highest BCUT2D eigenvalue weighted by molar-refractivity contribution is 14.1. The Balaban J connectivity index is 2.89. The molecule has 84 valence electrons. The van der Waals surface area contributed by atoms with Crippen LogP contribution >= 0.6 is 22.6 Å². The monoisotopic (exact) mass is 327 g/mol. The summed E-state index contributed by atoms with van der Waals surface area (Å²) in [6, 6.07) is 7.55. The third-order valence-corrected chi connectivity index (χ3v) is 2.73. The highest BCUT2D eigenvalue weighted by atomic mass is 127. The first-order chi connectivity index (χ1) is 7.69. The lowest BCUT2D eigenvalue weighted by Gasteiger charge is -2.19. The van der Waals surface area contributed by atoms with Crippen LogP contribution in [0.4, 0.5) is 0 Å². The zero-order valence-electron chi connectivity index (χ0n) is 9.03. The van der Waals surface area contributed by atoms with Crippen LogP contribution in [0, 0.1) is 3.57 Å². The molecular weight excluding hydrogens is 313 g/mol. The summed E-state index contributed by atoms with van der Waals surface area (Å²) in [4.78, 5) is 13.8. The van der Waals surface area contributed by atoms with Gasteiger partial charge in [0.25, 0.3) is 5.91 Å². The molecule has 0 N–H and O–H groups in total. The minimum absolute atomic E-state index is 0.0123. The molecule has 1 rings (SSSR count). The van der Waals surface area contributed by atoms with Gasteiger partial charge in [-0.05, 0) is 40.8 Å². The second kappa shape index (κ2) is 6.48. The predicted octanol–water partition coefficient (Wildman–Crippen LogP) is 3.11. The van der Waals surface area contributed by atoms with Crippen molar-refractivity contribution in [1.29, 1.82) is 0 Å². The van der Waals surface area contributed by atoms with Crippen molar-refractivity contribution in [1.82, 2.24) is 4.90 Å². The van der Waals surface area contributed by atoms with Gasteiger partial charge in [-0.25, -0.2) is 0 Å². The van der Waals surface area contributed by atoms with Crippen molar-refractivity contribution < 1.29 is 4.79 Å². The first kappa shape index (κ1) is 13.0. The number of rotatable bonds is 5. The van der Waals surface area contributed by atoms with Crippen molar-refractivity contribution in [2.45, 2.75) is 0 Å². The summed E-state index contributed by atoms with van der Waals surface area (Å²) in [5, 5.41) is 0. The second-order valence-corrected chi connectivity index (χ2v) is 4.54. The molecule has 16 heavy (non-hydrogen) atoms. The van der Waals surface area contributed by atoms with E-state index in [4.69, 9.17) is 0 Å². The molecule has 0 fully saturated rings. The van der Waals surface area contributed by atoms with Crippen molar-refractivity contribution in [3.63, 3.8) is 0 Å². The fourth-order valence-electron chi connectivity index (χ4n) is 1.36. The normalized spacial score (nSPS) is 9.56. The van der Waals surface area contributed by atoms with E-state index in [9.17, 15) is 4.79 Å². The number of amides is 1. The van der Waals surface area contributed by atoms with Crippen LogP contribution in [0.3, 0.4) is 0 Å². The van der Waals surface area contributed by atoms with Gasteiger partial charge < -0.3 is 4.90 Å². The number of hydrogen-bond donors (Lipinski definition) is 0. The minimum Gasteiger partial charge on any atom is -0.331 e. The average molecular weight is 327 g/mol. The van der Waals surface area contributed by atoms with Crippen LogP contribution in [0.5, 0.6) is 0 Å². The van der Waals surface area contributed by atoms with Crippen LogP contribution in [0.2, 0.25) is 0 Å². The number of carbonyl (C=O) groups is 1. The molecule has 0 bridgehead atoms. The van der Waals surface area contributed by atoms with Crippen molar-refractivity contribution in [3.8, 4) is 0 Å². The molecule has 0 saturated carbocycles. The number of benzene rings is 1. The quantitative estimate of drug-likeness (QED) is 0.601. The topological polar surface area (TPSA) is 20.3 Å². The summed E-state index contributed by atoms with van der Waals surface area (Å²) < 4.78 is 1.06. The van der Waals surface area contributed by atoms with Gasteiger partial charge in [-0.2, -0.15) is 0 Å². The maximum atomic E-state index is 12.1.